The molecule has 121 valence electrons. The molecule has 6 N–H and O–H groups in total. The van der Waals surface area contributed by atoms with Crippen molar-refractivity contribution in [1.82, 2.24) is 10.2 Å². The highest BCUT2D eigenvalue weighted by atomic mass is 16.2. The van der Waals surface area contributed by atoms with Crippen molar-refractivity contribution >= 4 is 29.8 Å². The van der Waals surface area contributed by atoms with Crippen molar-refractivity contribution in [2.45, 2.75) is 37.6 Å². The standard InChI is InChI=1S/C13H20N5O4/c14-7-11(22)18-10(21)4-1-3-9(20)13(18,8-19)5-2-6-17-12(15)16/h1-7,14H2,(H4,15,16,17)/t13-/m0/s1. The first-order valence-corrected chi connectivity index (χ1v) is 6.95. The van der Waals surface area contributed by atoms with E-state index in [9.17, 15) is 19.2 Å². The molecule has 9 heteroatoms. The van der Waals surface area contributed by atoms with Gasteiger partial charge in [-0.1, -0.05) is 0 Å². The Hall–Kier alpha value is -2.29. The van der Waals surface area contributed by atoms with Crippen molar-refractivity contribution in [2.24, 2.45) is 11.5 Å². The monoisotopic (exact) mass is 310 g/mol. The highest BCUT2D eigenvalue weighted by Gasteiger charge is 2.50. The van der Waals surface area contributed by atoms with E-state index >= 15 is 0 Å². The second kappa shape index (κ2) is 7.64. The van der Waals surface area contributed by atoms with Crippen LogP contribution in [0.4, 0.5) is 0 Å². The Labute approximate surface area is 127 Å². The molecule has 0 unspecified atom stereocenters. The van der Waals surface area contributed by atoms with E-state index in [4.69, 9.17) is 16.9 Å². The number of hydrogen-bond donors (Lipinski definition) is 4. The minimum absolute atomic E-state index is 0.00655. The van der Waals surface area contributed by atoms with Crippen LogP contribution in [0.5, 0.6) is 0 Å². The summed E-state index contributed by atoms with van der Waals surface area (Å²) in [7, 11) is 0. The van der Waals surface area contributed by atoms with Crippen LogP contribution in [0.1, 0.15) is 32.1 Å². The van der Waals surface area contributed by atoms with Crippen molar-refractivity contribution in [3.8, 4) is 0 Å². The zero-order chi connectivity index (χ0) is 16.8. The van der Waals surface area contributed by atoms with Gasteiger partial charge in [0.15, 0.2) is 17.3 Å². The minimum Gasteiger partial charge on any atom is -0.370 e. The first-order valence-electron chi connectivity index (χ1n) is 6.95. The van der Waals surface area contributed by atoms with E-state index in [0.717, 1.165) is 0 Å². The molecular formula is C13H20N5O4. The van der Waals surface area contributed by atoms with Crippen molar-refractivity contribution in [3.05, 3.63) is 0 Å². The summed E-state index contributed by atoms with van der Waals surface area (Å²) in [5, 5.41) is 9.58. The Bertz CT molecular complexity index is 493. The number of carbonyl (C=O) groups excluding carboxylic acids is 4. The number of likely N-dealkylation sites (tertiary alicyclic amines) is 1. The number of ketones is 1. The maximum atomic E-state index is 12.3. The van der Waals surface area contributed by atoms with Crippen LogP contribution in [-0.4, -0.2) is 53.4 Å². The molecule has 9 nitrogen and oxygen atoms in total. The Morgan fingerprint density at radius 2 is 2.09 bits per heavy atom. The van der Waals surface area contributed by atoms with Crippen molar-refractivity contribution < 1.29 is 19.2 Å². The summed E-state index contributed by atoms with van der Waals surface area (Å²) in [5.41, 5.74) is 8.50. The first-order chi connectivity index (χ1) is 10.4. The third-order valence-electron chi connectivity index (χ3n) is 3.51. The van der Waals surface area contributed by atoms with Crippen LogP contribution in [0.25, 0.3) is 0 Å². The highest BCUT2D eigenvalue weighted by Crippen LogP contribution is 2.28. The fourth-order valence-corrected chi connectivity index (χ4v) is 2.47. The number of rotatable bonds is 6. The fourth-order valence-electron chi connectivity index (χ4n) is 2.47. The lowest BCUT2D eigenvalue weighted by Crippen LogP contribution is -2.61. The largest absolute Gasteiger partial charge is 0.370 e. The molecule has 0 aliphatic carbocycles. The Morgan fingerprint density at radius 3 is 2.64 bits per heavy atom. The predicted octanol–water partition coefficient (Wildman–Crippen LogP) is -1.83. The molecule has 1 heterocycles. The average molecular weight is 310 g/mol. The van der Waals surface area contributed by atoms with Crippen LogP contribution in [0.2, 0.25) is 0 Å². The molecule has 0 bridgehead atoms. The van der Waals surface area contributed by atoms with E-state index in [0.29, 0.717) is 4.90 Å². The number of guanidine groups is 1. The zero-order valence-electron chi connectivity index (χ0n) is 12.2. The van der Waals surface area contributed by atoms with Gasteiger partial charge in [0.2, 0.25) is 18.1 Å². The number of carbonyl (C=O) groups is 3. The number of imide groups is 1. The third-order valence-corrected chi connectivity index (χ3v) is 3.51. The molecule has 0 aromatic rings. The Balaban J connectivity index is 3.06. The van der Waals surface area contributed by atoms with E-state index in [1.54, 1.807) is 6.29 Å². The van der Waals surface area contributed by atoms with Crippen LogP contribution >= 0.6 is 0 Å². The molecule has 0 aromatic heterocycles. The molecule has 1 saturated heterocycles. The van der Waals surface area contributed by atoms with Gasteiger partial charge in [0.1, 0.15) is 0 Å². The van der Waals surface area contributed by atoms with Crippen LogP contribution in [0, 0.1) is 5.41 Å². The molecule has 1 radical (unpaired) electrons. The molecule has 22 heavy (non-hydrogen) atoms. The second-order valence-corrected chi connectivity index (χ2v) is 5.01. The van der Waals surface area contributed by atoms with Gasteiger partial charge in [0.05, 0.1) is 6.54 Å². The Kier molecular flexibility index (Phi) is 6.17. The number of nitrogens with one attached hydrogen (secondary N) is 2. The fraction of sp³-hybridized carbons (Fsp3) is 0.615. The van der Waals surface area contributed by atoms with Gasteiger partial charge in [-0.15, -0.1) is 0 Å². The summed E-state index contributed by atoms with van der Waals surface area (Å²) in [4.78, 5) is 48.6. The number of hydrogen-bond acceptors (Lipinski definition) is 6. The van der Waals surface area contributed by atoms with Crippen LogP contribution in [-0.2, 0) is 19.2 Å². The van der Waals surface area contributed by atoms with Crippen molar-refractivity contribution in [3.63, 3.8) is 0 Å². The van der Waals surface area contributed by atoms with E-state index in [-0.39, 0.29) is 44.6 Å². The Morgan fingerprint density at radius 1 is 1.41 bits per heavy atom. The van der Waals surface area contributed by atoms with Crippen LogP contribution in [0.3, 0.4) is 0 Å². The predicted molar refractivity (Wildman–Crippen MR) is 77.3 cm³/mol. The number of nitrogens with two attached hydrogens (primary N) is 2. The molecular weight excluding hydrogens is 290 g/mol. The lowest BCUT2D eigenvalue weighted by Gasteiger charge is -2.35. The van der Waals surface area contributed by atoms with E-state index < -0.39 is 29.7 Å². The average Bonchev–Trinajstić information content (AvgIpc) is 2.60. The molecule has 1 fully saturated rings. The van der Waals surface area contributed by atoms with Crippen molar-refractivity contribution in [1.29, 1.82) is 5.41 Å². The van der Waals surface area contributed by atoms with Gasteiger partial charge < -0.3 is 16.8 Å². The zero-order valence-corrected chi connectivity index (χ0v) is 12.2. The lowest BCUT2D eigenvalue weighted by atomic mass is 9.86. The smallest absolute Gasteiger partial charge is 0.244 e. The van der Waals surface area contributed by atoms with Gasteiger partial charge in [-0.25, -0.2) is 0 Å². The number of nitrogens with zero attached hydrogens (tertiary/aromatic N) is 1. The highest BCUT2D eigenvalue weighted by molar-refractivity contribution is 6.13. The molecule has 0 aromatic carbocycles. The molecule has 0 spiro atoms. The van der Waals surface area contributed by atoms with Gasteiger partial charge in [0, 0.05) is 19.4 Å². The summed E-state index contributed by atoms with van der Waals surface area (Å²) >= 11 is 0. The molecule has 1 rings (SSSR count). The van der Waals surface area contributed by atoms with Gasteiger partial charge in [-0.3, -0.25) is 29.5 Å². The third kappa shape index (κ3) is 3.67. The van der Waals surface area contributed by atoms with E-state index in [1.165, 1.54) is 0 Å². The molecule has 0 saturated carbocycles. The topological polar surface area (TPSA) is 159 Å². The number of amides is 2. The summed E-state index contributed by atoms with van der Waals surface area (Å²) < 4.78 is 0. The first kappa shape index (κ1) is 17.8. The van der Waals surface area contributed by atoms with Crippen molar-refractivity contribution in [2.75, 3.05) is 13.1 Å². The maximum absolute atomic E-state index is 12.3. The molecule has 2 amide bonds. The SMILES string of the molecule is N=C(N)NCCC[C@]1([C]=O)C(=O)CCCC(=O)N1C(=O)CN. The van der Waals surface area contributed by atoms with Gasteiger partial charge in [-0.2, -0.15) is 0 Å². The molecule has 1 aliphatic rings. The summed E-state index contributed by atoms with van der Waals surface area (Å²) in [6.45, 7) is -0.251. The second-order valence-electron chi connectivity index (χ2n) is 5.01. The van der Waals surface area contributed by atoms with Gasteiger partial charge >= 0.3 is 0 Å². The quantitative estimate of drug-likeness (QED) is 0.194. The maximum Gasteiger partial charge on any atom is 0.244 e. The summed E-state index contributed by atoms with van der Waals surface area (Å²) in [6.07, 6.45) is 2.09. The lowest BCUT2D eigenvalue weighted by molar-refractivity contribution is -0.152. The van der Waals surface area contributed by atoms with Gasteiger partial charge in [0.25, 0.3) is 0 Å². The minimum atomic E-state index is -1.93. The van der Waals surface area contributed by atoms with Crippen LogP contribution in [0.15, 0.2) is 0 Å². The normalized spacial score (nSPS) is 22.1. The van der Waals surface area contributed by atoms with E-state index in [1.807, 2.05) is 0 Å². The van der Waals surface area contributed by atoms with Crippen LogP contribution < -0.4 is 16.8 Å². The molecule has 1 aliphatic heterocycles. The summed E-state index contributed by atoms with van der Waals surface area (Å²) in [5.74, 6) is -2.13. The molecule has 1 atom stereocenters. The number of Topliss-reactive ketones (excluding diaryl/α,β-unsaturated/α-hetero) is 1. The van der Waals surface area contributed by atoms with Gasteiger partial charge in [-0.05, 0) is 19.3 Å². The summed E-state index contributed by atoms with van der Waals surface area (Å²) in [6, 6.07) is 0. The van der Waals surface area contributed by atoms with E-state index in [2.05, 4.69) is 5.32 Å².